The molecule has 12 heavy (non-hydrogen) atoms. The van der Waals surface area contributed by atoms with E-state index in [2.05, 4.69) is 24.5 Å². The Balaban J connectivity index is 2.97. The maximum atomic E-state index is 9.31. The number of hydrogen-bond donors (Lipinski definition) is 2. The Bertz CT molecular complexity index is 333. The summed E-state index contributed by atoms with van der Waals surface area (Å²) in [5.74, 6) is 6.52. The molecule has 1 aromatic rings. The van der Waals surface area contributed by atoms with Crippen LogP contribution < -0.4 is 0 Å². The molecule has 0 amide bonds. The highest BCUT2D eigenvalue weighted by atomic mass is 32.1. The quantitative estimate of drug-likeness (QED) is 0.460. The number of thiol groups is 1. The van der Waals surface area contributed by atoms with Gasteiger partial charge < -0.3 is 5.11 Å². The molecule has 0 unspecified atom stereocenters. The van der Waals surface area contributed by atoms with Gasteiger partial charge in [-0.25, -0.2) is 0 Å². The molecule has 0 aromatic heterocycles. The second kappa shape index (κ2) is 4.08. The molecule has 0 saturated heterocycles. The molecule has 0 fully saturated rings. The molecule has 0 radical (unpaired) electrons. The van der Waals surface area contributed by atoms with Gasteiger partial charge in [-0.1, -0.05) is 17.9 Å². The van der Waals surface area contributed by atoms with Crippen molar-refractivity contribution in [2.45, 2.75) is 6.92 Å². The Morgan fingerprint density at radius 1 is 1.50 bits per heavy atom. The maximum absolute atomic E-state index is 9.31. The van der Waals surface area contributed by atoms with Gasteiger partial charge in [0.1, 0.15) is 5.75 Å². The van der Waals surface area contributed by atoms with E-state index in [1.807, 2.05) is 19.1 Å². The third kappa shape index (κ3) is 2.21. The van der Waals surface area contributed by atoms with Crippen LogP contribution in [0.4, 0.5) is 0 Å². The molecule has 1 aromatic carbocycles. The van der Waals surface area contributed by atoms with E-state index in [4.69, 9.17) is 0 Å². The molecule has 0 heterocycles. The molecule has 1 nitrogen and oxygen atoms in total. The lowest BCUT2D eigenvalue weighted by molar-refractivity contribution is 0.471. The van der Waals surface area contributed by atoms with Crippen molar-refractivity contribution in [2.24, 2.45) is 0 Å². The SMILES string of the molecule is Cc1ccc(C#CCS)cc1O. The standard InChI is InChI=1S/C10H10OS/c1-8-4-5-9(3-2-6-12)7-10(8)11/h4-5,7,11-12H,6H2,1H3. The van der Waals surface area contributed by atoms with Crippen molar-refractivity contribution in [3.63, 3.8) is 0 Å². The van der Waals surface area contributed by atoms with Gasteiger partial charge in [-0.15, -0.1) is 0 Å². The van der Waals surface area contributed by atoms with Crippen molar-refractivity contribution >= 4 is 12.6 Å². The summed E-state index contributed by atoms with van der Waals surface area (Å²) in [4.78, 5) is 0. The fraction of sp³-hybridized carbons (Fsp3) is 0.200. The highest BCUT2D eigenvalue weighted by molar-refractivity contribution is 7.80. The van der Waals surface area contributed by atoms with Gasteiger partial charge >= 0.3 is 0 Å². The van der Waals surface area contributed by atoms with Crippen LogP contribution in [0.15, 0.2) is 18.2 Å². The topological polar surface area (TPSA) is 20.2 Å². The van der Waals surface area contributed by atoms with Crippen molar-refractivity contribution in [1.29, 1.82) is 0 Å². The van der Waals surface area contributed by atoms with Gasteiger partial charge in [0.25, 0.3) is 0 Å². The molecular weight excluding hydrogens is 168 g/mol. The number of aryl methyl sites for hydroxylation is 1. The van der Waals surface area contributed by atoms with Crippen LogP contribution >= 0.6 is 12.6 Å². The largest absolute Gasteiger partial charge is 0.508 e. The fourth-order valence-electron chi connectivity index (χ4n) is 0.829. The lowest BCUT2D eigenvalue weighted by atomic mass is 10.1. The van der Waals surface area contributed by atoms with Crippen molar-refractivity contribution in [3.8, 4) is 17.6 Å². The summed E-state index contributed by atoms with van der Waals surface area (Å²) in [6, 6.07) is 5.38. The molecule has 0 spiro atoms. The highest BCUT2D eigenvalue weighted by Crippen LogP contribution is 2.16. The molecule has 62 valence electrons. The van der Waals surface area contributed by atoms with Crippen molar-refractivity contribution in [1.82, 2.24) is 0 Å². The second-order valence-corrected chi connectivity index (χ2v) is 2.78. The molecule has 0 atom stereocenters. The van der Waals surface area contributed by atoms with Crippen LogP contribution in [0.2, 0.25) is 0 Å². The fourth-order valence-corrected chi connectivity index (χ4v) is 0.908. The van der Waals surface area contributed by atoms with Gasteiger partial charge in [0.2, 0.25) is 0 Å². The zero-order chi connectivity index (χ0) is 8.97. The zero-order valence-corrected chi connectivity index (χ0v) is 7.73. The zero-order valence-electron chi connectivity index (χ0n) is 6.83. The first-order valence-electron chi connectivity index (χ1n) is 3.63. The van der Waals surface area contributed by atoms with Gasteiger partial charge in [-0.3, -0.25) is 0 Å². The number of aromatic hydroxyl groups is 1. The Morgan fingerprint density at radius 3 is 2.83 bits per heavy atom. The summed E-state index contributed by atoms with van der Waals surface area (Å²) in [5, 5.41) is 9.31. The Hall–Kier alpha value is -1.07. The maximum Gasteiger partial charge on any atom is 0.119 e. The minimum Gasteiger partial charge on any atom is -0.508 e. The van der Waals surface area contributed by atoms with Crippen LogP contribution in [-0.4, -0.2) is 10.9 Å². The Morgan fingerprint density at radius 2 is 2.25 bits per heavy atom. The monoisotopic (exact) mass is 178 g/mol. The average Bonchev–Trinajstić information content (AvgIpc) is 2.07. The van der Waals surface area contributed by atoms with Gasteiger partial charge in [0.15, 0.2) is 0 Å². The van der Waals surface area contributed by atoms with E-state index in [9.17, 15) is 5.11 Å². The van der Waals surface area contributed by atoms with Crippen LogP contribution in [-0.2, 0) is 0 Å². The second-order valence-electron chi connectivity index (χ2n) is 2.46. The molecular formula is C10H10OS. The van der Waals surface area contributed by atoms with Crippen LogP contribution in [0, 0.1) is 18.8 Å². The summed E-state index contributed by atoms with van der Waals surface area (Å²) in [7, 11) is 0. The van der Waals surface area contributed by atoms with E-state index in [-0.39, 0.29) is 0 Å². The number of phenolic OH excluding ortho intramolecular Hbond substituents is 1. The normalized spacial score (nSPS) is 8.83. The minimum atomic E-state index is 0.293. The van der Waals surface area contributed by atoms with Crippen molar-refractivity contribution in [3.05, 3.63) is 29.3 Å². The highest BCUT2D eigenvalue weighted by Gasteiger charge is 1.94. The van der Waals surface area contributed by atoms with E-state index in [0.717, 1.165) is 11.1 Å². The summed E-state index contributed by atoms with van der Waals surface area (Å²) in [5.41, 5.74) is 1.69. The lowest BCUT2D eigenvalue weighted by Crippen LogP contribution is -1.77. The molecule has 2 heteroatoms. The van der Waals surface area contributed by atoms with Crippen LogP contribution in [0.5, 0.6) is 5.75 Å². The number of phenols is 1. The molecule has 1 rings (SSSR count). The molecule has 0 aliphatic rings. The van der Waals surface area contributed by atoms with Crippen LogP contribution in [0.25, 0.3) is 0 Å². The first-order valence-corrected chi connectivity index (χ1v) is 4.26. The minimum absolute atomic E-state index is 0.293. The number of hydrogen-bond acceptors (Lipinski definition) is 2. The third-order valence-electron chi connectivity index (χ3n) is 1.52. The van der Waals surface area contributed by atoms with Crippen LogP contribution in [0.1, 0.15) is 11.1 Å². The number of benzene rings is 1. The number of rotatable bonds is 0. The summed E-state index contributed by atoms with van der Waals surface area (Å²) in [6.07, 6.45) is 0. The predicted molar refractivity (Wildman–Crippen MR) is 53.6 cm³/mol. The molecule has 0 bridgehead atoms. The lowest BCUT2D eigenvalue weighted by Gasteiger charge is -1.97. The van der Waals surface area contributed by atoms with Crippen LogP contribution in [0.3, 0.4) is 0 Å². The summed E-state index contributed by atoms with van der Waals surface area (Å²) < 4.78 is 0. The molecule has 0 aliphatic heterocycles. The predicted octanol–water partition coefficient (Wildman–Crippen LogP) is 1.98. The smallest absolute Gasteiger partial charge is 0.119 e. The Labute approximate surface area is 77.8 Å². The average molecular weight is 178 g/mol. The first kappa shape index (κ1) is 9.02. The third-order valence-corrected chi connectivity index (χ3v) is 1.68. The van der Waals surface area contributed by atoms with E-state index >= 15 is 0 Å². The molecule has 1 N–H and O–H groups in total. The van der Waals surface area contributed by atoms with Crippen molar-refractivity contribution in [2.75, 3.05) is 5.75 Å². The van der Waals surface area contributed by atoms with E-state index in [1.54, 1.807) is 6.07 Å². The first-order chi connectivity index (χ1) is 5.74. The summed E-state index contributed by atoms with van der Waals surface area (Å²) in [6.45, 7) is 1.85. The van der Waals surface area contributed by atoms with Gasteiger partial charge in [0, 0.05) is 5.56 Å². The Kier molecular flexibility index (Phi) is 3.07. The van der Waals surface area contributed by atoms with Gasteiger partial charge in [-0.05, 0) is 24.6 Å². The molecule has 0 saturated carbocycles. The summed E-state index contributed by atoms with van der Waals surface area (Å²) >= 11 is 3.96. The van der Waals surface area contributed by atoms with E-state index in [1.165, 1.54) is 0 Å². The van der Waals surface area contributed by atoms with E-state index < -0.39 is 0 Å². The van der Waals surface area contributed by atoms with Gasteiger partial charge in [-0.2, -0.15) is 12.6 Å². The van der Waals surface area contributed by atoms with Crippen molar-refractivity contribution < 1.29 is 5.11 Å². The van der Waals surface area contributed by atoms with Gasteiger partial charge in [0.05, 0.1) is 5.75 Å². The molecule has 0 aliphatic carbocycles. The van der Waals surface area contributed by atoms with E-state index in [0.29, 0.717) is 11.5 Å².